The second kappa shape index (κ2) is 3.66. The zero-order valence-corrected chi connectivity index (χ0v) is 8.51. The van der Waals surface area contributed by atoms with Gasteiger partial charge in [0.1, 0.15) is 0 Å². The summed E-state index contributed by atoms with van der Waals surface area (Å²) >= 11 is 0. The molecule has 3 rings (SSSR count). The number of alkyl halides is 3. The van der Waals surface area contributed by atoms with Gasteiger partial charge in [-0.25, -0.2) is 6.08 Å². The van der Waals surface area contributed by atoms with Crippen LogP contribution in [0.3, 0.4) is 0 Å². The summed E-state index contributed by atoms with van der Waals surface area (Å²) in [7, 11) is 0. The fourth-order valence-corrected chi connectivity index (χ4v) is 2.09. The first-order chi connectivity index (χ1) is 7.07. The van der Waals surface area contributed by atoms with E-state index in [4.69, 9.17) is 4.74 Å². The summed E-state index contributed by atoms with van der Waals surface area (Å²) in [6.45, 7) is 0. The molecule has 1 aromatic rings. The third kappa shape index (κ3) is 1.53. The Morgan fingerprint density at radius 3 is 2.69 bits per heavy atom. The van der Waals surface area contributed by atoms with Gasteiger partial charge in [0, 0.05) is 0 Å². The van der Waals surface area contributed by atoms with E-state index in [1.165, 1.54) is 6.07 Å². The number of hydrogen-bond acceptors (Lipinski definition) is 1. The minimum atomic E-state index is -4.32. The van der Waals surface area contributed by atoms with Gasteiger partial charge in [-0.1, -0.05) is 12.1 Å². The van der Waals surface area contributed by atoms with Crippen LogP contribution in [0.4, 0.5) is 13.2 Å². The van der Waals surface area contributed by atoms with E-state index >= 15 is 0 Å². The predicted molar refractivity (Wildman–Crippen MR) is 45.8 cm³/mol. The summed E-state index contributed by atoms with van der Waals surface area (Å²) in [5, 5.41) is 0. The third-order valence-electron chi connectivity index (χ3n) is 2.70. The van der Waals surface area contributed by atoms with E-state index in [-0.39, 0.29) is 30.5 Å². The van der Waals surface area contributed by atoms with Crippen molar-refractivity contribution < 1.29 is 36.8 Å². The SMILES string of the molecule is FC(F)(F)c1cccc2c1C1[C-]=CC2O1.[Li+]. The quantitative estimate of drug-likeness (QED) is 0.446. The van der Waals surface area contributed by atoms with Crippen LogP contribution in [0.25, 0.3) is 0 Å². The Kier molecular flexibility index (Phi) is 2.70. The van der Waals surface area contributed by atoms with Gasteiger partial charge in [0.05, 0.1) is 11.7 Å². The zero-order chi connectivity index (χ0) is 10.6. The van der Waals surface area contributed by atoms with Crippen LogP contribution >= 0.6 is 0 Å². The fourth-order valence-electron chi connectivity index (χ4n) is 2.09. The second-order valence-corrected chi connectivity index (χ2v) is 3.58. The van der Waals surface area contributed by atoms with Crippen molar-refractivity contribution in [2.45, 2.75) is 18.4 Å². The molecule has 5 heteroatoms. The van der Waals surface area contributed by atoms with Crippen LogP contribution in [0.2, 0.25) is 0 Å². The van der Waals surface area contributed by atoms with Gasteiger partial charge in [-0.3, -0.25) is 0 Å². The number of benzene rings is 1. The second-order valence-electron chi connectivity index (χ2n) is 3.58. The molecular formula is C11H6F3LiO. The summed E-state index contributed by atoms with van der Waals surface area (Å²) in [5.41, 5.74) is 0.249. The Morgan fingerprint density at radius 2 is 2.00 bits per heavy atom. The van der Waals surface area contributed by atoms with Crippen LogP contribution in [-0.4, -0.2) is 0 Å². The summed E-state index contributed by atoms with van der Waals surface area (Å²) in [5.74, 6) is 0. The van der Waals surface area contributed by atoms with Crippen molar-refractivity contribution in [3.8, 4) is 0 Å². The normalized spacial score (nSPS) is 25.4. The Balaban J connectivity index is 0.000000963. The molecule has 2 atom stereocenters. The molecule has 0 N–H and O–H groups in total. The van der Waals surface area contributed by atoms with Crippen LogP contribution < -0.4 is 18.9 Å². The Hall–Kier alpha value is -0.693. The first kappa shape index (κ1) is 11.8. The average molecular weight is 218 g/mol. The molecule has 0 fully saturated rings. The van der Waals surface area contributed by atoms with Gasteiger partial charge in [0.2, 0.25) is 0 Å². The van der Waals surface area contributed by atoms with Gasteiger partial charge in [-0.15, -0.1) is 0 Å². The number of halogens is 3. The van der Waals surface area contributed by atoms with E-state index in [1.54, 1.807) is 12.1 Å². The average Bonchev–Trinajstić information content (AvgIpc) is 2.76. The fraction of sp³-hybridized carbons (Fsp3) is 0.273. The number of ether oxygens (including phenoxy) is 1. The summed E-state index contributed by atoms with van der Waals surface area (Å²) in [4.78, 5) is 0. The molecule has 2 unspecified atom stereocenters. The molecule has 2 aliphatic heterocycles. The van der Waals surface area contributed by atoms with Crippen molar-refractivity contribution in [1.82, 2.24) is 0 Å². The predicted octanol–water partition coefficient (Wildman–Crippen LogP) is 0.195. The molecule has 2 heterocycles. The number of fused-ring (bicyclic) bond motifs is 5. The minimum Gasteiger partial charge on any atom is -0.463 e. The smallest absolute Gasteiger partial charge is 0.463 e. The minimum absolute atomic E-state index is 0. The molecule has 2 aliphatic rings. The largest absolute Gasteiger partial charge is 1.00 e. The van der Waals surface area contributed by atoms with Crippen molar-refractivity contribution in [1.29, 1.82) is 0 Å². The molecule has 0 aliphatic carbocycles. The summed E-state index contributed by atoms with van der Waals surface area (Å²) in [6.07, 6.45) is -0.844. The van der Waals surface area contributed by atoms with Crippen LogP contribution in [0, 0.1) is 6.08 Å². The molecule has 0 saturated heterocycles. The van der Waals surface area contributed by atoms with Gasteiger partial charge in [0.15, 0.2) is 0 Å². The monoisotopic (exact) mass is 218 g/mol. The Bertz CT molecular complexity index is 453. The molecule has 0 saturated carbocycles. The molecule has 78 valence electrons. The Labute approximate surface area is 102 Å². The van der Waals surface area contributed by atoms with Crippen LogP contribution in [-0.2, 0) is 10.9 Å². The van der Waals surface area contributed by atoms with E-state index in [9.17, 15) is 13.2 Å². The van der Waals surface area contributed by atoms with Gasteiger partial charge >= 0.3 is 25.0 Å². The van der Waals surface area contributed by atoms with E-state index in [1.807, 2.05) is 0 Å². The molecule has 16 heavy (non-hydrogen) atoms. The zero-order valence-electron chi connectivity index (χ0n) is 8.51. The topological polar surface area (TPSA) is 9.23 Å². The third-order valence-corrected chi connectivity index (χ3v) is 2.70. The Morgan fingerprint density at radius 1 is 1.25 bits per heavy atom. The van der Waals surface area contributed by atoms with E-state index < -0.39 is 17.8 Å². The van der Waals surface area contributed by atoms with E-state index in [0.717, 1.165) is 6.07 Å². The standard InChI is InChI=1S/C11H6F3O.Li/c12-11(13,14)7-3-1-2-6-8-4-5-9(15-8)10(6)7;/h1-4,8-9H;/q-1;+1. The molecule has 0 radical (unpaired) electrons. The molecule has 0 spiro atoms. The van der Waals surface area contributed by atoms with Gasteiger partial charge in [0.25, 0.3) is 0 Å². The maximum absolute atomic E-state index is 12.7. The molecule has 0 aromatic heterocycles. The molecule has 0 amide bonds. The van der Waals surface area contributed by atoms with Crippen LogP contribution in [0.15, 0.2) is 24.3 Å². The van der Waals surface area contributed by atoms with E-state index in [2.05, 4.69) is 6.08 Å². The van der Waals surface area contributed by atoms with Crippen molar-refractivity contribution in [3.05, 3.63) is 47.0 Å². The van der Waals surface area contributed by atoms with E-state index in [0.29, 0.717) is 5.56 Å². The van der Waals surface area contributed by atoms with Gasteiger partial charge < -0.3 is 10.8 Å². The number of hydrogen-bond donors (Lipinski definition) is 0. The van der Waals surface area contributed by atoms with Crippen LogP contribution in [0.5, 0.6) is 0 Å². The first-order valence-corrected chi connectivity index (χ1v) is 4.52. The van der Waals surface area contributed by atoms with Crippen LogP contribution in [0.1, 0.15) is 28.9 Å². The van der Waals surface area contributed by atoms with Crippen molar-refractivity contribution in [2.24, 2.45) is 0 Å². The molecule has 1 aromatic carbocycles. The summed E-state index contributed by atoms with van der Waals surface area (Å²) < 4.78 is 43.3. The molecule has 2 bridgehead atoms. The molecular weight excluding hydrogens is 212 g/mol. The first-order valence-electron chi connectivity index (χ1n) is 4.52. The number of rotatable bonds is 0. The maximum atomic E-state index is 12.7. The van der Waals surface area contributed by atoms with Gasteiger partial charge in [-0.2, -0.15) is 13.2 Å². The molecule has 1 nitrogen and oxygen atoms in total. The summed E-state index contributed by atoms with van der Waals surface area (Å²) in [6, 6.07) is 4.18. The van der Waals surface area contributed by atoms with Gasteiger partial charge in [-0.05, 0) is 23.3 Å². The maximum Gasteiger partial charge on any atom is 1.00 e. The van der Waals surface area contributed by atoms with Crippen molar-refractivity contribution in [3.63, 3.8) is 0 Å². The van der Waals surface area contributed by atoms with Crippen molar-refractivity contribution >= 4 is 0 Å². The van der Waals surface area contributed by atoms with Crippen molar-refractivity contribution in [2.75, 3.05) is 0 Å².